The second kappa shape index (κ2) is 6.50. The lowest BCUT2D eigenvalue weighted by molar-refractivity contribution is 0.209. The van der Waals surface area contributed by atoms with Gasteiger partial charge >= 0.3 is 0 Å². The second-order valence-corrected chi connectivity index (χ2v) is 5.46. The van der Waals surface area contributed by atoms with E-state index in [4.69, 9.17) is 4.74 Å². The molecule has 0 atom stereocenters. The van der Waals surface area contributed by atoms with E-state index in [1.165, 1.54) is 32.1 Å². The van der Waals surface area contributed by atoms with E-state index in [0.717, 1.165) is 23.8 Å². The van der Waals surface area contributed by atoms with Crippen molar-refractivity contribution in [2.45, 2.75) is 38.5 Å². The normalized spacial score (nSPS) is 16.2. The number of hydrogen-bond acceptors (Lipinski definition) is 4. The Kier molecular flexibility index (Phi) is 4.25. The summed E-state index contributed by atoms with van der Waals surface area (Å²) in [6.45, 7) is 0.851. The van der Waals surface area contributed by atoms with Gasteiger partial charge in [-0.15, -0.1) is 10.2 Å². The molecule has 0 aliphatic heterocycles. The molecule has 1 aliphatic carbocycles. The first kappa shape index (κ1) is 13.1. The predicted molar refractivity (Wildman–Crippen MR) is 75.5 cm³/mol. The summed E-state index contributed by atoms with van der Waals surface area (Å²) >= 11 is 0. The number of nitrogens with one attached hydrogen (secondary N) is 1. The number of tetrazole rings is 1. The molecule has 0 unspecified atom stereocenters. The minimum Gasteiger partial charge on any atom is -0.493 e. The highest BCUT2D eigenvalue weighted by Crippen LogP contribution is 2.24. The van der Waals surface area contributed by atoms with Crippen LogP contribution in [-0.2, 0) is 6.42 Å². The van der Waals surface area contributed by atoms with Crippen LogP contribution in [0.4, 0.5) is 0 Å². The van der Waals surface area contributed by atoms with Crippen molar-refractivity contribution in [1.29, 1.82) is 0 Å². The molecule has 5 heteroatoms. The highest BCUT2D eigenvalue weighted by Gasteiger charge is 2.13. The van der Waals surface area contributed by atoms with Gasteiger partial charge in [0.2, 0.25) is 0 Å². The summed E-state index contributed by atoms with van der Waals surface area (Å²) in [6, 6.07) is 8.18. The highest BCUT2D eigenvalue weighted by atomic mass is 16.5. The fraction of sp³-hybridized carbons (Fsp3) is 0.533. The summed E-state index contributed by atoms with van der Waals surface area (Å²) in [5.41, 5.74) is 1.16. The number of benzene rings is 1. The van der Waals surface area contributed by atoms with Crippen LogP contribution < -0.4 is 4.74 Å². The number of rotatable bonds is 5. The minimum atomic E-state index is 0.694. The molecule has 1 aromatic heterocycles. The number of nitrogens with zero attached hydrogens (tertiary/aromatic N) is 3. The minimum absolute atomic E-state index is 0.694. The molecular formula is C15H20N4O. The maximum atomic E-state index is 5.89. The quantitative estimate of drug-likeness (QED) is 0.909. The van der Waals surface area contributed by atoms with Crippen molar-refractivity contribution in [3.63, 3.8) is 0 Å². The zero-order valence-electron chi connectivity index (χ0n) is 11.6. The molecule has 1 fully saturated rings. The molecule has 1 N–H and O–H groups in total. The largest absolute Gasteiger partial charge is 0.493 e. The average molecular weight is 272 g/mol. The SMILES string of the molecule is c1cc(OCC2CCCCC2)ccc1Cc1nn[nH]n1. The zero-order chi connectivity index (χ0) is 13.6. The molecule has 0 bridgehead atoms. The first-order valence-electron chi connectivity index (χ1n) is 7.34. The van der Waals surface area contributed by atoms with Gasteiger partial charge in [-0.1, -0.05) is 36.6 Å². The topological polar surface area (TPSA) is 63.7 Å². The van der Waals surface area contributed by atoms with E-state index in [0.29, 0.717) is 12.2 Å². The standard InChI is InChI=1S/C15H20N4O/c1-2-4-13(5-3-1)11-20-14-8-6-12(7-9-14)10-15-16-18-19-17-15/h6-9,13H,1-5,10-11H2,(H,16,17,18,19). The van der Waals surface area contributed by atoms with E-state index in [9.17, 15) is 0 Å². The van der Waals surface area contributed by atoms with Crippen LogP contribution in [0.15, 0.2) is 24.3 Å². The van der Waals surface area contributed by atoms with Crippen molar-refractivity contribution in [2.75, 3.05) is 6.61 Å². The Morgan fingerprint density at radius 3 is 2.60 bits per heavy atom. The lowest BCUT2D eigenvalue weighted by Crippen LogP contribution is -2.15. The van der Waals surface area contributed by atoms with E-state index in [-0.39, 0.29) is 0 Å². The lowest BCUT2D eigenvalue weighted by atomic mass is 9.90. The number of ether oxygens (including phenoxy) is 1. The van der Waals surface area contributed by atoms with Gasteiger partial charge in [-0.3, -0.25) is 0 Å². The van der Waals surface area contributed by atoms with Gasteiger partial charge in [0, 0.05) is 6.42 Å². The van der Waals surface area contributed by atoms with Crippen molar-refractivity contribution in [3.05, 3.63) is 35.7 Å². The summed E-state index contributed by atoms with van der Waals surface area (Å²) < 4.78 is 5.89. The molecule has 1 aromatic carbocycles. The van der Waals surface area contributed by atoms with Crippen LogP contribution >= 0.6 is 0 Å². The fourth-order valence-corrected chi connectivity index (χ4v) is 2.71. The molecule has 2 aromatic rings. The van der Waals surface area contributed by atoms with Gasteiger partial charge in [0.25, 0.3) is 0 Å². The summed E-state index contributed by atoms with van der Waals surface area (Å²) in [5, 5.41) is 13.9. The predicted octanol–water partition coefficient (Wildman–Crippen LogP) is 2.75. The van der Waals surface area contributed by atoms with E-state index in [2.05, 4.69) is 32.8 Å². The first-order chi connectivity index (χ1) is 9.90. The smallest absolute Gasteiger partial charge is 0.178 e. The Balaban J connectivity index is 1.50. The molecule has 5 nitrogen and oxygen atoms in total. The van der Waals surface area contributed by atoms with Gasteiger partial charge in [-0.25, -0.2) is 0 Å². The van der Waals surface area contributed by atoms with E-state index in [1.807, 2.05) is 12.1 Å². The molecule has 1 saturated carbocycles. The van der Waals surface area contributed by atoms with Crippen molar-refractivity contribution in [2.24, 2.45) is 5.92 Å². The van der Waals surface area contributed by atoms with Crippen molar-refractivity contribution >= 4 is 0 Å². The monoisotopic (exact) mass is 272 g/mol. The first-order valence-corrected chi connectivity index (χ1v) is 7.34. The Morgan fingerprint density at radius 2 is 1.90 bits per heavy atom. The van der Waals surface area contributed by atoms with Gasteiger partial charge in [-0.05, 0) is 36.5 Å². The molecule has 106 valence electrons. The Hall–Kier alpha value is -1.91. The van der Waals surface area contributed by atoms with Gasteiger partial charge in [0.05, 0.1) is 6.61 Å². The summed E-state index contributed by atoms with van der Waals surface area (Å²) in [6.07, 6.45) is 7.43. The molecule has 0 spiro atoms. The molecule has 0 amide bonds. The number of aromatic amines is 1. The van der Waals surface area contributed by atoms with Gasteiger partial charge in [0.15, 0.2) is 5.82 Å². The number of aromatic nitrogens is 4. The summed E-state index contributed by atoms with van der Waals surface area (Å²) in [4.78, 5) is 0. The molecule has 0 saturated heterocycles. The summed E-state index contributed by atoms with van der Waals surface area (Å²) in [7, 11) is 0. The van der Waals surface area contributed by atoms with Gasteiger partial charge < -0.3 is 4.74 Å². The van der Waals surface area contributed by atoms with Crippen LogP contribution in [0.2, 0.25) is 0 Å². The van der Waals surface area contributed by atoms with E-state index in [1.54, 1.807) is 0 Å². The maximum Gasteiger partial charge on any atom is 0.178 e. The Labute approximate surface area is 118 Å². The Morgan fingerprint density at radius 1 is 1.10 bits per heavy atom. The van der Waals surface area contributed by atoms with Crippen LogP contribution in [0.25, 0.3) is 0 Å². The highest BCUT2D eigenvalue weighted by molar-refractivity contribution is 5.28. The van der Waals surface area contributed by atoms with Crippen LogP contribution in [0.3, 0.4) is 0 Å². The van der Waals surface area contributed by atoms with Crippen molar-refractivity contribution < 1.29 is 4.74 Å². The molecule has 20 heavy (non-hydrogen) atoms. The maximum absolute atomic E-state index is 5.89. The fourth-order valence-electron chi connectivity index (χ4n) is 2.71. The number of H-pyrrole nitrogens is 1. The van der Waals surface area contributed by atoms with E-state index >= 15 is 0 Å². The molecule has 3 rings (SSSR count). The van der Waals surface area contributed by atoms with Crippen molar-refractivity contribution in [3.8, 4) is 5.75 Å². The Bertz CT molecular complexity index is 503. The molecule has 1 aliphatic rings. The second-order valence-electron chi connectivity index (χ2n) is 5.46. The zero-order valence-corrected chi connectivity index (χ0v) is 11.6. The molecular weight excluding hydrogens is 252 g/mol. The van der Waals surface area contributed by atoms with Crippen LogP contribution in [0.1, 0.15) is 43.5 Å². The third-order valence-electron chi connectivity index (χ3n) is 3.89. The third kappa shape index (κ3) is 3.56. The van der Waals surface area contributed by atoms with Crippen LogP contribution in [-0.4, -0.2) is 27.2 Å². The molecule has 0 radical (unpaired) electrons. The van der Waals surface area contributed by atoms with Gasteiger partial charge in [0.1, 0.15) is 5.75 Å². The lowest BCUT2D eigenvalue weighted by Gasteiger charge is -2.21. The summed E-state index contributed by atoms with van der Waals surface area (Å²) in [5.74, 6) is 2.40. The van der Waals surface area contributed by atoms with Crippen LogP contribution in [0.5, 0.6) is 5.75 Å². The third-order valence-corrected chi connectivity index (χ3v) is 3.89. The van der Waals surface area contributed by atoms with Crippen molar-refractivity contribution in [1.82, 2.24) is 20.6 Å². The van der Waals surface area contributed by atoms with Gasteiger partial charge in [-0.2, -0.15) is 5.21 Å². The molecule has 1 heterocycles. The number of hydrogen-bond donors (Lipinski definition) is 1. The van der Waals surface area contributed by atoms with Crippen LogP contribution in [0, 0.1) is 5.92 Å². The average Bonchev–Trinajstić information content (AvgIpc) is 3.01. The van der Waals surface area contributed by atoms with E-state index < -0.39 is 0 Å².